The highest BCUT2D eigenvalue weighted by Crippen LogP contribution is 2.22. The van der Waals surface area contributed by atoms with Crippen molar-refractivity contribution in [3.63, 3.8) is 0 Å². The number of rotatable bonds is 6. The van der Waals surface area contributed by atoms with Crippen LogP contribution in [0.1, 0.15) is 19.6 Å². The van der Waals surface area contributed by atoms with Crippen LogP contribution in [0.25, 0.3) is 17.4 Å². The number of furan rings is 1. The lowest BCUT2D eigenvalue weighted by atomic mass is 10.2. The Hall–Kier alpha value is -3.71. The first-order chi connectivity index (χ1) is 14.9. The predicted molar refractivity (Wildman–Crippen MR) is 127 cm³/mol. The van der Waals surface area contributed by atoms with Crippen LogP contribution in [-0.4, -0.2) is 16.9 Å². The van der Waals surface area contributed by atoms with Crippen LogP contribution in [0.2, 0.25) is 0 Å². The SMILES string of the molecule is CC(C)C(=O)Nc1cccc(NC(=S)NC(=O)/C=C/c2ccc(-c3ccccc3)o2)c1. The summed E-state index contributed by atoms with van der Waals surface area (Å²) in [6.07, 6.45) is 2.92. The van der Waals surface area contributed by atoms with E-state index in [9.17, 15) is 9.59 Å². The number of thiocarbonyl (C=S) groups is 1. The predicted octanol–water partition coefficient (Wildman–Crippen LogP) is 5.07. The van der Waals surface area contributed by atoms with Crippen molar-refractivity contribution in [3.8, 4) is 11.3 Å². The second kappa shape index (κ2) is 10.4. The van der Waals surface area contributed by atoms with Gasteiger partial charge in [-0.15, -0.1) is 0 Å². The maximum atomic E-state index is 12.2. The van der Waals surface area contributed by atoms with Crippen LogP contribution in [0.15, 0.2) is 77.2 Å². The quantitative estimate of drug-likeness (QED) is 0.374. The van der Waals surface area contributed by atoms with Crippen LogP contribution in [0.3, 0.4) is 0 Å². The number of carbonyl (C=O) groups excluding carboxylic acids is 2. The summed E-state index contributed by atoms with van der Waals surface area (Å²) in [5, 5.41) is 8.47. The summed E-state index contributed by atoms with van der Waals surface area (Å²) in [4.78, 5) is 24.0. The molecule has 31 heavy (non-hydrogen) atoms. The molecule has 1 aromatic heterocycles. The van der Waals surface area contributed by atoms with Crippen molar-refractivity contribution in [2.24, 2.45) is 5.92 Å². The van der Waals surface area contributed by atoms with Crippen molar-refractivity contribution in [2.45, 2.75) is 13.8 Å². The number of amides is 2. The van der Waals surface area contributed by atoms with E-state index in [0.29, 0.717) is 17.1 Å². The molecule has 3 aromatic rings. The van der Waals surface area contributed by atoms with Gasteiger partial charge in [-0.25, -0.2) is 0 Å². The van der Waals surface area contributed by atoms with Crippen LogP contribution >= 0.6 is 12.2 Å². The average molecular weight is 434 g/mol. The first-order valence-corrected chi connectivity index (χ1v) is 10.2. The zero-order valence-electron chi connectivity index (χ0n) is 17.2. The van der Waals surface area contributed by atoms with E-state index in [-0.39, 0.29) is 22.8 Å². The number of hydrogen-bond acceptors (Lipinski definition) is 4. The third kappa shape index (κ3) is 6.65. The molecule has 0 bridgehead atoms. The summed E-state index contributed by atoms with van der Waals surface area (Å²) in [6, 6.07) is 20.4. The van der Waals surface area contributed by atoms with Crippen LogP contribution < -0.4 is 16.0 Å². The molecule has 0 atom stereocenters. The molecule has 0 unspecified atom stereocenters. The molecule has 0 aliphatic heterocycles. The highest BCUT2D eigenvalue weighted by molar-refractivity contribution is 7.80. The maximum absolute atomic E-state index is 12.2. The first kappa shape index (κ1) is 22.0. The van der Waals surface area contributed by atoms with Gasteiger partial charge in [0.25, 0.3) is 0 Å². The Balaban J connectivity index is 1.54. The first-order valence-electron chi connectivity index (χ1n) is 9.77. The van der Waals surface area contributed by atoms with Gasteiger partial charge in [0.15, 0.2) is 5.11 Å². The van der Waals surface area contributed by atoms with Crippen LogP contribution in [0.4, 0.5) is 11.4 Å². The number of carbonyl (C=O) groups is 2. The number of hydrogen-bond donors (Lipinski definition) is 3. The zero-order chi connectivity index (χ0) is 22.2. The Morgan fingerprint density at radius 3 is 2.35 bits per heavy atom. The van der Waals surface area contributed by atoms with Crippen molar-refractivity contribution in [1.29, 1.82) is 0 Å². The van der Waals surface area contributed by atoms with Crippen LogP contribution in [0, 0.1) is 5.92 Å². The van der Waals surface area contributed by atoms with Gasteiger partial charge >= 0.3 is 0 Å². The minimum Gasteiger partial charge on any atom is -0.457 e. The Labute approximate surface area is 186 Å². The molecule has 0 aliphatic carbocycles. The number of anilines is 2. The van der Waals surface area contributed by atoms with E-state index in [0.717, 1.165) is 11.3 Å². The Morgan fingerprint density at radius 2 is 1.65 bits per heavy atom. The normalized spacial score (nSPS) is 10.8. The molecular formula is C24H23N3O3S. The molecule has 0 aliphatic rings. The van der Waals surface area contributed by atoms with Gasteiger partial charge in [-0.05, 0) is 48.6 Å². The van der Waals surface area contributed by atoms with Gasteiger partial charge in [-0.3, -0.25) is 14.9 Å². The fraction of sp³-hybridized carbons (Fsp3) is 0.125. The lowest BCUT2D eigenvalue weighted by molar-refractivity contribution is -0.119. The Kier molecular flexibility index (Phi) is 7.35. The van der Waals surface area contributed by atoms with E-state index in [1.807, 2.05) is 50.2 Å². The van der Waals surface area contributed by atoms with Crippen molar-refractivity contribution < 1.29 is 14.0 Å². The zero-order valence-corrected chi connectivity index (χ0v) is 18.0. The van der Waals surface area contributed by atoms with E-state index in [4.69, 9.17) is 16.6 Å². The molecule has 3 rings (SSSR count). The van der Waals surface area contributed by atoms with Gasteiger partial charge in [0.1, 0.15) is 11.5 Å². The molecule has 3 N–H and O–H groups in total. The van der Waals surface area contributed by atoms with Gasteiger partial charge < -0.3 is 15.1 Å². The lowest BCUT2D eigenvalue weighted by Crippen LogP contribution is -2.32. The summed E-state index contributed by atoms with van der Waals surface area (Å²) in [7, 11) is 0. The largest absolute Gasteiger partial charge is 0.457 e. The summed E-state index contributed by atoms with van der Waals surface area (Å²) in [5.41, 5.74) is 2.25. The van der Waals surface area contributed by atoms with Gasteiger partial charge in [-0.1, -0.05) is 50.2 Å². The van der Waals surface area contributed by atoms with Crippen LogP contribution in [-0.2, 0) is 9.59 Å². The summed E-state index contributed by atoms with van der Waals surface area (Å²) < 4.78 is 5.73. The van der Waals surface area contributed by atoms with Crippen molar-refractivity contribution in [3.05, 3.63) is 78.6 Å². The smallest absolute Gasteiger partial charge is 0.250 e. The third-order valence-electron chi connectivity index (χ3n) is 4.23. The molecule has 158 valence electrons. The molecule has 0 saturated heterocycles. The minimum atomic E-state index is -0.389. The van der Waals surface area contributed by atoms with Gasteiger partial charge in [-0.2, -0.15) is 0 Å². The second-order valence-corrected chi connectivity index (χ2v) is 7.48. The molecule has 0 fully saturated rings. The van der Waals surface area contributed by atoms with Gasteiger partial charge in [0.05, 0.1) is 0 Å². The van der Waals surface area contributed by atoms with Crippen molar-refractivity contribution >= 4 is 46.6 Å². The van der Waals surface area contributed by atoms with Crippen molar-refractivity contribution in [2.75, 3.05) is 10.6 Å². The molecule has 0 saturated carbocycles. The fourth-order valence-corrected chi connectivity index (χ4v) is 2.85. The number of benzene rings is 2. The highest BCUT2D eigenvalue weighted by Gasteiger charge is 2.08. The maximum Gasteiger partial charge on any atom is 0.250 e. The minimum absolute atomic E-state index is 0.0773. The highest BCUT2D eigenvalue weighted by atomic mass is 32.1. The van der Waals surface area contributed by atoms with E-state index in [1.54, 1.807) is 36.4 Å². The second-order valence-electron chi connectivity index (χ2n) is 7.07. The van der Waals surface area contributed by atoms with Crippen molar-refractivity contribution in [1.82, 2.24) is 5.32 Å². The molecule has 0 spiro atoms. The molecule has 0 radical (unpaired) electrons. The Morgan fingerprint density at radius 1 is 0.935 bits per heavy atom. The topological polar surface area (TPSA) is 83.4 Å². The standard InChI is InChI=1S/C24H23N3O3S/c1-16(2)23(29)25-18-9-6-10-19(15-18)26-24(31)27-22(28)14-12-20-11-13-21(30-20)17-7-4-3-5-8-17/h3-16H,1-2H3,(H,25,29)(H2,26,27,28,31)/b14-12+. The molecular weight excluding hydrogens is 410 g/mol. The van der Waals surface area contributed by atoms with E-state index >= 15 is 0 Å². The average Bonchev–Trinajstić information content (AvgIpc) is 3.22. The van der Waals surface area contributed by atoms with E-state index in [1.165, 1.54) is 6.08 Å². The monoisotopic (exact) mass is 433 g/mol. The summed E-state index contributed by atoms with van der Waals surface area (Å²) >= 11 is 5.20. The summed E-state index contributed by atoms with van der Waals surface area (Å²) in [5.74, 6) is 0.691. The van der Waals surface area contributed by atoms with E-state index < -0.39 is 0 Å². The van der Waals surface area contributed by atoms with Gasteiger partial charge in [0, 0.05) is 28.9 Å². The third-order valence-corrected chi connectivity index (χ3v) is 4.44. The van der Waals surface area contributed by atoms with E-state index in [2.05, 4.69) is 16.0 Å². The van der Waals surface area contributed by atoms with Crippen LogP contribution in [0.5, 0.6) is 0 Å². The summed E-state index contributed by atoms with van der Waals surface area (Å²) in [6.45, 7) is 3.64. The molecule has 2 amide bonds. The molecule has 7 heteroatoms. The molecule has 1 heterocycles. The lowest BCUT2D eigenvalue weighted by Gasteiger charge is -2.11. The van der Waals surface area contributed by atoms with Gasteiger partial charge in [0.2, 0.25) is 11.8 Å². The molecule has 2 aromatic carbocycles. The molecule has 6 nitrogen and oxygen atoms in total. The Bertz CT molecular complexity index is 1100. The fourth-order valence-electron chi connectivity index (χ4n) is 2.64. The number of nitrogens with one attached hydrogen (secondary N) is 3.